The van der Waals surface area contributed by atoms with Gasteiger partial charge in [0.1, 0.15) is 11.0 Å². The average molecular weight is 228 g/mol. The molecule has 15 heavy (non-hydrogen) atoms. The summed E-state index contributed by atoms with van der Waals surface area (Å²) >= 11 is 5.87. The van der Waals surface area contributed by atoms with Crippen LogP contribution in [0.5, 0.6) is 0 Å². The second-order valence-electron chi connectivity index (χ2n) is 3.84. The van der Waals surface area contributed by atoms with Gasteiger partial charge in [-0.3, -0.25) is 4.90 Å². The van der Waals surface area contributed by atoms with Crippen LogP contribution in [0.1, 0.15) is 31.3 Å². The second-order valence-corrected chi connectivity index (χ2v) is 4.23. The molecular formula is C11H18ClN3. The normalized spacial score (nSPS) is 11.0. The van der Waals surface area contributed by atoms with Crippen molar-refractivity contribution >= 4 is 11.6 Å². The molecule has 0 radical (unpaired) electrons. The monoisotopic (exact) mass is 227 g/mol. The summed E-state index contributed by atoms with van der Waals surface area (Å²) in [5.41, 5.74) is 0.925. The molecule has 1 aromatic rings. The van der Waals surface area contributed by atoms with E-state index in [4.69, 9.17) is 11.6 Å². The number of aromatic nitrogens is 2. The van der Waals surface area contributed by atoms with Crippen molar-refractivity contribution in [2.75, 3.05) is 13.6 Å². The number of halogens is 1. The maximum absolute atomic E-state index is 5.87. The van der Waals surface area contributed by atoms with Crippen LogP contribution in [0, 0.1) is 6.92 Å². The van der Waals surface area contributed by atoms with Gasteiger partial charge in [-0.25, -0.2) is 9.97 Å². The molecule has 0 bridgehead atoms. The summed E-state index contributed by atoms with van der Waals surface area (Å²) in [6.45, 7) is 5.96. The highest BCUT2D eigenvalue weighted by atomic mass is 35.5. The van der Waals surface area contributed by atoms with Gasteiger partial charge in [-0.2, -0.15) is 0 Å². The Balaban J connectivity index is 2.56. The fraction of sp³-hybridized carbons (Fsp3) is 0.636. The lowest BCUT2D eigenvalue weighted by Crippen LogP contribution is -2.20. The quantitative estimate of drug-likeness (QED) is 0.725. The van der Waals surface area contributed by atoms with E-state index in [2.05, 4.69) is 28.8 Å². The van der Waals surface area contributed by atoms with Gasteiger partial charge < -0.3 is 0 Å². The standard InChI is InChI=1S/C11H18ClN3/c1-4-5-6-15(3)8-11-13-9(2)7-10(12)14-11/h7H,4-6,8H2,1-3H3. The zero-order valence-corrected chi connectivity index (χ0v) is 10.4. The van der Waals surface area contributed by atoms with E-state index in [0.29, 0.717) is 5.15 Å². The predicted octanol–water partition coefficient (Wildman–Crippen LogP) is 2.67. The van der Waals surface area contributed by atoms with Crippen molar-refractivity contribution in [1.82, 2.24) is 14.9 Å². The summed E-state index contributed by atoms with van der Waals surface area (Å²) in [6, 6.07) is 1.77. The lowest BCUT2D eigenvalue weighted by atomic mass is 10.3. The van der Waals surface area contributed by atoms with Crippen LogP contribution in [-0.4, -0.2) is 28.5 Å². The van der Waals surface area contributed by atoms with Gasteiger partial charge in [-0.05, 0) is 33.0 Å². The fourth-order valence-electron chi connectivity index (χ4n) is 1.41. The first-order valence-electron chi connectivity index (χ1n) is 5.30. The van der Waals surface area contributed by atoms with E-state index in [1.165, 1.54) is 12.8 Å². The molecule has 0 fully saturated rings. The van der Waals surface area contributed by atoms with Gasteiger partial charge in [-0.1, -0.05) is 24.9 Å². The number of hydrogen-bond acceptors (Lipinski definition) is 3. The summed E-state index contributed by atoms with van der Waals surface area (Å²) in [5.74, 6) is 0.804. The van der Waals surface area contributed by atoms with Crippen LogP contribution >= 0.6 is 11.6 Å². The molecule has 0 unspecified atom stereocenters. The number of hydrogen-bond donors (Lipinski definition) is 0. The van der Waals surface area contributed by atoms with Gasteiger partial charge in [0, 0.05) is 5.69 Å². The number of unbranched alkanes of at least 4 members (excludes halogenated alkanes) is 1. The minimum absolute atomic E-state index is 0.529. The molecule has 3 nitrogen and oxygen atoms in total. The van der Waals surface area contributed by atoms with E-state index >= 15 is 0 Å². The first kappa shape index (κ1) is 12.4. The van der Waals surface area contributed by atoms with Crippen LogP contribution in [0.2, 0.25) is 5.15 Å². The Morgan fingerprint density at radius 2 is 2.13 bits per heavy atom. The minimum atomic E-state index is 0.529. The molecule has 0 spiro atoms. The fourth-order valence-corrected chi connectivity index (χ4v) is 1.66. The number of nitrogens with zero attached hydrogens (tertiary/aromatic N) is 3. The zero-order chi connectivity index (χ0) is 11.3. The largest absolute Gasteiger partial charge is 0.299 e. The first-order valence-corrected chi connectivity index (χ1v) is 5.68. The molecule has 0 atom stereocenters. The molecule has 1 aromatic heterocycles. The van der Waals surface area contributed by atoms with Crippen molar-refractivity contribution < 1.29 is 0 Å². The second kappa shape index (κ2) is 6.03. The molecule has 0 aliphatic rings. The van der Waals surface area contributed by atoms with E-state index < -0.39 is 0 Å². The van der Waals surface area contributed by atoms with Crippen molar-refractivity contribution in [3.8, 4) is 0 Å². The van der Waals surface area contributed by atoms with E-state index in [1.54, 1.807) is 6.07 Å². The summed E-state index contributed by atoms with van der Waals surface area (Å²) in [7, 11) is 2.08. The Labute approximate surface area is 96.5 Å². The summed E-state index contributed by atoms with van der Waals surface area (Å²) in [5, 5.41) is 0.529. The molecule has 0 N–H and O–H groups in total. The Morgan fingerprint density at radius 3 is 2.73 bits per heavy atom. The van der Waals surface area contributed by atoms with Crippen molar-refractivity contribution in [2.45, 2.75) is 33.2 Å². The van der Waals surface area contributed by atoms with Crippen molar-refractivity contribution in [3.05, 3.63) is 22.7 Å². The van der Waals surface area contributed by atoms with E-state index in [-0.39, 0.29) is 0 Å². The lowest BCUT2D eigenvalue weighted by Gasteiger charge is -2.15. The Hall–Kier alpha value is -0.670. The highest BCUT2D eigenvalue weighted by Crippen LogP contribution is 2.07. The summed E-state index contributed by atoms with van der Waals surface area (Å²) in [6.07, 6.45) is 2.41. The molecule has 0 amide bonds. The molecule has 1 rings (SSSR count). The van der Waals surface area contributed by atoms with Crippen LogP contribution in [0.15, 0.2) is 6.07 Å². The molecule has 0 aromatic carbocycles. The molecule has 4 heteroatoms. The third-order valence-corrected chi connectivity index (χ3v) is 2.37. The van der Waals surface area contributed by atoms with Gasteiger partial charge in [0.25, 0.3) is 0 Å². The SMILES string of the molecule is CCCCN(C)Cc1nc(C)cc(Cl)n1. The van der Waals surface area contributed by atoms with Crippen LogP contribution in [0.4, 0.5) is 0 Å². The Bertz CT molecular complexity index is 294. The molecule has 1 heterocycles. The molecule has 84 valence electrons. The number of rotatable bonds is 5. The molecule has 0 saturated heterocycles. The van der Waals surface area contributed by atoms with Gasteiger partial charge in [0.15, 0.2) is 0 Å². The van der Waals surface area contributed by atoms with Crippen molar-refractivity contribution in [2.24, 2.45) is 0 Å². The third kappa shape index (κ3) is 4.58. The molecule has 0 saturated carbocycles. The number of aryl methyl sites for hydroxylation is 1. The van der Waals surface area contributed by atoms with Crippen molar-refractivity contribution in [3.63, 3.8) is 0 Å². The highest BCUT2D eigenvalue weighted by Gasteiger charge is 2.04. The first-order chi connectivity index (χ1) is 7.11. The Kier molecular flexibility index (Phi) is 4.99. The molecular weight excluding hydrogens is 210 g/mol. The van der Waals surface area contributed by atoms with E-state index in [9.17, 15) is 0 Å². The van der Waals surface area contributed by atoms with Crippen LogP contribution < -0.4 is 0 Å². The maximum atomic E-state index is 5.87. The minimum Gasteiger partial charge on any atom is -0.299 e. The van der Waals surface area contributed by atoms with E-state index in [1.807, 2.05) is 6.92 Å². The molecule has 0 aliphatic heterocycles. The summed E-state index contributed by atoms with van der Waals surface area (Å²) in [4.78, 5) is 10.8. The topological polar surface area (TPSA) is 29.0 Å². The van der Waals surface area contributed by atoms with Crippen LogP contribution in [-0.2, 0) is 6.54 Å². The average Bonchev–Trinajstić information content (AvgIpc) is 2.13. The molecule has 0 aliphatic carbocycles. The lowest BCUT2D eigenvalue weighted by molar-refractivity contribution is 0.312. The van der Waals surface area contributed by atoms with Crippen molar-refractivity contribution in [1.29, 1.82) is 0 Å². The van der Waals surface area contributed by atoms with Crippen LogP contribution in [0.25, 0.3) is 0 Å². The van der Waals surface area contributed by atoms with Gasteiger partial charge in [-0.15, -0.1) is 0 Å². The highest BCUT2D eigenvalue weighted by molar-refractivity contribution is 6.29. The van der Waals surface area contributed by atoms with Gasteiger partial charge in [0.2, 0.25) is 0 Å². The maximum Gasteiger partial charge on any atom is 0.144 e. The third-order valence-electron chi connectivity index (χ3n) is 2.17. The van der Waals surface area contributed by atoms with E-state index in [0.717, 1.165) is 24.6 Å². The summed E-state index contributed by atoms with van der Waals surface area (Å²) < 4.78 is 0. The van der Waals surface area contributed by atoms with Gasteiger partial charge in [0.05, 0.1) is 6.54 Å². The van der Waals surface area contributed by atoms with Crippen LogP contribution in [0.3, 0.4) is 0 Å². The van der Waals surface area contributed by atoms with Gasteiger partial charge >= 0.3 is 0 Å². The Morgan fingerprint density at radius 1 is 1.40 bits per heavy atom. The zero-order valence-electron chi connectivity index (χ0n) is 9.63. The predicted molar refractivity (Wildman–Crippen MR) is 63.0 cm³/mol. The smallest absolute Gasteiger partial charge is 0.144 e.